The monoisotopic (exact) mass is 159 g/mol. The summed E-state index contributed by atoms with van der Waals surface area (Å²) in [6, 6.07) is 0. The van der Waals surface area contributed by atoms with Gasteiger partial charge in [0, 0.05) is 0 Å². The maximum atomic E-state index is 10.6. The molecule has 0 fully saturated rings. The minimum absolute atomic E-state index is 0.0654. The molecule has 2 amide bonds. The lowest BCUT2D eigenvalue weighted by Gasteiger charge is -2.01. The summed E-state index contributed by atoms with van der Waals surface area (Å²) < 4.78 is 0. The predicted molar refractivity (Wildman–Crippen MR) is 37.3 cm³/mol. The largest absolute Gasteiger partial charge is 0.319 e. The fourth-order valence-electron chi connectivity index (χ4n) is 0.621. The minimum atomic E-state index is -0.242. The lowest BCUT2D eigenvalue weighted by molar-refractivity contribution is -0.378. The Balaban J connectivity index is 2.74. The Morgan fingerprint density at radius 1 is 1.60 bits per heavy atom. The van der Waals surface area contributed by atoms with Gasteiger partial charge in [-0.25, -0.2) is 19.9 Å². The van der Waals surface area contributed by atoms with E-state index in [9.17, 15) is 9.59 Å². The highest BCUT2D eigenvalue weighted by Crippen LogP contribution is 1.90. The van der Waals surface area contributed by atoms with Gasteiger partial charge in [0.25, 0.3) is 0 Å². The zero-order chi connectivity index (χ0) is 7.56. The molecule has 10 heavy (non-hydrogen) atoms. The highest BCUT2D eigenvalue weighted by molar-refractivity contribution is 8.13. The van der Waals surface area contributed by atoms with Crippen LogP contribution in [-0.4, -0.2) is 23.2 Å². The number of thioether (sulfide) groups is 1. The molecule has 0 saturated heterocycles. The number of amidine groups is 1. The standard InChI is InChI=1S/C5H6N2O2S/c1-10-5-6-3(8)2-4(9)7-5/h2H2,1H3,(H,6,7,8,9)/p+1. The van der Waals surface area contributed by atoms with E-state index in [0.717, 1.165) is 0 Å². The van der Waals surface area contributed by atoms with Crippen LogP contribution in [0.25, 0.3) is 0 Å². The number of nitrogens with one attached hydrogen (secondary N) is 2. The maximum Gasteiger partial charge on any atom is 0.319 e. The summed E-state index contributed by atoms with van der Waals surface area (Å²) in [5.41, 5.74) is 0. The van der Waals surface area contributed by atoms with Crippen LogP contribution >= 0.6 is 11.8 Å². The molecular weight excluding hydrogens is 152 g/mol. The predicted octanol–water partition coefficient (Wildman–Crippen LogP) is -2.17. The van der Waals surface area contributed by atoms with Crippen molar-refractivity contribution in [2.24, 2.45) is 0 Å². The van der Waals surface area contributed by atoms with E-state index >= 15 is 0 Å². The SMILES string of the molecule is CSC1=[NH+]C(=O)CC(=O)N1. The van der Waals surface area contributed by atoms with Gasteiger partial charge >= 0.3 is 17.0 Å². The van der Waals surface area contributed by atoms with Crippen LogP contribution in [0.1, 0.15) is 6.42 Å². The summed E-state index contributed by atoms with van der Waals surface area (Å²) in [6.45, 7) is 0. The van der Waals surface area contributed by atoms with Gasteiger partial charge in [0.2, 0.25) is 0 Å². The van der Waals surface area contributed by atoms with Crippen LogP contribution < -0.4 is 10.3 Å². The summed E-state index contributed by atoms with van der Waals surface area (Å²) in [7, 11) is 0. The average Bonchev–Trinajstić information content (AvgIpc) is 1.85. The molecule has 0 spiro atoms. The van der Waals surface area contributed by atoms with Gasteiger partial charge in [-0.2, -0.15) is 0 Å². The molecule has 1 aliphatic heterocycles. The normalized spacial score (nSPS) is 18.3. The number of hydrogen-bond donors (Lipinski definition) is 2. The number of carbonyl (C=O) groups is 2. The molecule has 0 atom stereocenters. The topological polar surface area (TPSA) is 60.1 Å². The molecule has 5 heteroatoms. The number of amides is 2. The van der Waals surface area contributed by atoms with Crippen molar-refractivity contribution < 1.29 is 14.6 Å². The Hall–Kier alpha value is -0.840. The van der Waals surface area contributed by atoms with Gasteiger partial charge in [0.05, 0.1) is 0 Å². The molecule has 0 aliphatic carbocycles. The minimum Gasteiger partial charge on any atom is -0.246 e. The van der Waals surface area contributed by atoms with Crippen molar-refractivity contribution in [3.63, 3.8) is 0 Å². The zero-order valence-corrected chi connectivity index (χ0v) is 6.25. The molecule has 1 aliphatic rings. The van der Waals surface area contributed by atoms with Gasteiger partial charge in [-0.1, -0.05) is 0 Å². The first-order chi connectivity index (χ1) is 4.72. The van der Waals surface area contributed by atoms with Gasteiger partial charge in [0.1, 0.15) is 0 Å². The lowest BCUT2D eigenvalue weighted by atomic mass is 10.4. The highest BCUT2D eigenvalue weighted by atomic mass is 32.2. The molecule has 2 N–H and O–H groups in total. The van der Waals surface area contributed by atoms with Gasteiger partial charge in [-0.15, -0.1) is 0 Å². The molecule has 54 valence electrons. The molecular formula is C5H7N2O2S+. The second kappa shape index (κ2) is 2.83. The van der Waals surface area contributed by atoms with Crippen molar-refractivity contribution in [3.8, 4) is 0 Å². The Bertz CT molecular complexity index is 212. The fourth-order valence-corrected chi connectivity index (χ4v) is 1.05. The first-order valence-corrected chi connectivity index (χ1v) is 3.95. The quantitative estimate of drug-likeness (QED) is 0.395. The summed E-state index contributed by atoms with van der Waals surface area (Å²) in [4.78, 5) is 23.8. The molecule has 1 heterocycles. The van der Waals surface area contributed by atoms with Crippen LogP contribution in [0.5, 0.6) is 0 Å². The van der Waals surface area contributed by atoms with E-state index in [4.69, 9.17) is 0 Å². The van der Waals surface area contributed by atoms with E-state index in [1.807, 2.05) is 0 Å². The Morgan fingerprint density at radius 3 is 2.80 bits per heavy atom. The van der Waals surface area contributed by atoms with Crippen LogP contribution in [0.15, 0.2) is 0 Å². The fraction of sp³-hybridized carbons (Fsp3) is 0.400. The van der Waals surface area contributed by atoms with Gasteiger partial charge in [-0.05, 0) is 18.0 Å². The van der Waals surface area contributed by atoms with Crippen molar-refractivity contribution in [1.29, 1.82) is 0 Å². The molecule has 0 unspecified atom stereocenters. The van der Waals surface area contributed by atoms with E-state index in [0.29, 0.717) is 5.17 Å². The maximum absolute atomic E-state index is 10.6. The van der Waals surface area contributed by atoms with Crippen molar-refractivity contribution in [2.45, 2.75) is 6.42 Å². The van der Waals surface area contributed by atoms with Crippen LogP contribution in [0.3, 0.4) is 0 Å². The molecule has 0 saturated carbocycles. The van der Waals surface area contributed by atoms with Crippen LogP contribution in [0, 0.1) is 0 Å². The number of carbonyl (C=O) groups excluding carboxylic acids is 2. The molecule has 1 rings (SSSR count). The van der Waals surface area contributed by atoms with Crippen molar-refractivity contribution in [2.75, 3.05) is 6.26 Å². The summed E-state index contributed by atoms with van der Waals surface area (Å²) in [5, 5.41) is 3.02. The lowest BCUT2D eigenvalue weighted by Crippen LogP contribution is -2.82. The van der Waals surface area contributed by atoms with Crippen molar-refractivity contribution >= 4 is 28.7 Å². The molecule has 0 radical (unpaired) electrons. The molecule has 4 nitrogen and oxygen atoms in total. The van der Waals surface area contributed by atoms with Gasteiger partial charge in [-0.3, -0.25) is 0 Å². The molecule has 0 aromatic carbocycles. The number of hydrogen-bond acceptors (Lipinski definition) is 3. The Kier molecular flexibility index (Phi) is 2.06. The van der Waals surface area contributed by atoms with Crippen molar-refractivity contribution in [1.82, 2.24) is 5.32 Å². The van der Waals surface area contributed by atoms with E-state index in [1.165, 1.54) is 11.8 Å². The zero-order valence-electron chi connectivity index (χ0n) is 5.43. The molecule has 0 aromatic heterocycles. The van der Waals surface area contributed by atoms with Crippen LogP contribution in [-0.2, 0) is 9.59 Å². The van der Waals surface area contributed by atoms with Gasteiger partial charge in [0.15, 0.2) is 6.42 Å². The third-order valence-corrected chi connectivity index (χ3v) is 1.64. The third-order valence-electron chi connectivity index (χ3n) is 1.03. The van der Waals surface area contributed by atoms with E-state index in [-0.39, 0.29) is 18.2 Å². The second-order valence-electron chi connectivity index (χ2n) is 1.81. The summed E-state index contributed by atoms with van der Waals surface area (Å²) in [6.07, 6.45) is 1.71. The number of rotatable bonds is 0. The smallest absolute Gasteiger partial charge is 0.246 e. The second-order valence-corrected chi connectivity index (χ2v) is 2.62. The van der Waals surface area contributed by atoms with Crippen molar-refractivity contribution in [3.05, 3.63) is 0 Å². The summed E-state index contributed by atoms with van der Waals surface area (Å²) in [5.74, 6) is -0.485. The highest BCUT2D eigenvalue weighted by Gasteiger charge is 2.23. The first kappa shape index (κ1) is 7.27. The summed E-state index contributed by atoms with van der Waals surface area (Å²) >= 11 is 1.31. The van der Waals surface area contributed by atoms with E-state index in [2.05, 4.69) is 10.3 Å². The molecule has 0 bridgehead atoms. The average molecular weight is 159 g/mol. The van der Waals surface area contributed by atoms with Crippen LogP contribution in [0.4, 0.5) is 0 Å². The van der Waals surface area contributed by atoms with E-state index < -0.39 is 0 Å². The van der Waals surface area contributed by atoms with E-state index in [1.54, 1.807) is 6.26 Å². The third kappa shape index (κ3) is 1.57. The Morgan fingerprint density at radius 2 is 2.30 bits per heavy atom. The first-order valence-electron chi connectivity index (χ1n) is 2.73. The van der Waals surface area contributed by atoms with Gasteiger partial charge < -0.3 is 0 Å². The Labute approximate surface area is 62.1 Å². The van der Waals surface area contributed by atoms with Crippen LogP contribution in [0.2, 0.25) is 0 Å². The molecule has 0 aromatic rings.